The van der Waals surface area contributed by atoms with Crippen molar-refractivity contribution in [3.63, 3.8) is 0 Å². The number of halogens is 2. The normalized spacial score (nSPS) is 12.1. The van der Waals surface area contributed by atoms with E-state index in [0.717, 1.165) is 27.6 Å². The van der Waals surface area contributed by atoms with E-state index < -0.39 is 10.0 Å². The van der Waals surface area contributed by atoms with E-state index in [9.17, 15) is 8.42 Å². The second kappa shape index (κ2) is 8.43. The van der Waals surface area contributed by atoms with Crippen molar-refractivity contribution in [3.8, 4) is 0 Å². The molecule has 8 heteroatoms. The number of pyridine rings is 1. The van der Waals surface area contributed by atoms with E-state index in [2.05, 4.69) is 42.2 Å². The van der Waals surface area contributed by atoms with E-state index in [1.807, 2.05) is 13.0 Å². The Morgan fingerprint density at radius 1 is 1.40 bits per heavy atom. The average Bonchev–Trinajstić information content (AvgIpc) is 2.34. The minimum absolute atomic E-state index is 0.513. The molecule has 0 spiro atoms. The topological polar surface area (TPSA) is 62.3 Å². The summed E-state index contributed by atoms with van der Waals surface area (Å²) in [4.78, 5) is 4.30. The van der Waals surface area contributed by atoms with E-state index in [1.165, 1.54) is 10.6 Å². The molecule has 20 heavy (non-hydrogen) atoms. The Morgan fingerprint density at radius 2 is 2.10 bits per heavy atom. The van der Waals surface area contributed by atoms with E-state index in [1.54, 1.807) is 6.20 Å². The van der Waals surface area contributed by atoms with Crippen LogP contribution < -0.4 is 5.32 Å². The Bertz CT molecular complexity index is 538. The van der Waals surface area contributed by atoms with Crippen molar-refractivity contribution in [2.45, 2.75) is 19.9 Å². The molecule has 1 N–H and O–H groups in total. The van der Waals surface area contributed by atoms with Crippen LogP contribution in [0.3, 0.4) is 0 Å². The lowest BCUT2D eigenvalue weighted by molar-refractivity contribution is 0.419. The molecule has 1 rings (SSSR count). The molecular weight excluding hydrogens is 410 g/mol. The highest BCUT2D eigenvalue weighted by Gasteiger charge is 2.13. The summed E-state index contributed by atoms with van der Waals surface area (Å²) in [5.41, 5.74) is 0.934. The van der Waals surface area contributed by atoms with Crippen molar-refractivity contribution in [2.75, 3.05) is 25.9 Å². The summed E-state index contributed by atoms with van der Waals surface area (Å²) in [5, 5.41) is 3.26. The second-order valence-electron chi connectivity index (χ2n) is 4.37. The van der Waals surface area contributed by atoms with Crippen LogP contribution in [0.15, 0.2) is 21.2 Å². The highest BCUT2D eigenvalue weighted by Crippen LogP contribution is 2.19. The van der Waals surface area contributed by atoms with Gasteiger partial charge in [-0.1, -0.05) is 6.92 Å². The van der Waals surface area contributed by atoms with Crippen LogP contribution in [0, 0.1) is 0 Å². The smallest absolute Gasteiger partial charge is 0.211 e. The minimum Gasteiger partial charge on any atom is -0.311 e. The quantitative estimate of drug-likeness (QED) is 0.645. The summed E-state index contributed by atoms with van der Waals surface area (Å²) >= 11 is 6.81. The van der Waals surface area contributed by atoms with Crippen molar-refractivity contribution in [3.05, 3.63) is 26.9 Å². The van der Waals surface area contributed by atoms with Gasteiger partial charge >= 0.3 is 0 Å². The van der Waals surface area contributed by atoms with Crippen LogP contribution in [0.4, 0.5) is 0 Å². The lowest BCUT2D eigenvalue weighted by Gasteiger charge is -2.17. The van der Waals surface area contributed by atoms with Gasteiger partial charge < -0.3 is 5.32 Å². The number of hydrogen-bond donors (Lipinski definition) is 1. The highest BCUT2D eigenvalue weighted by molar-refractivity contribution is 9.11. The molecule has 1 heterocycles. The van der Waals surface area contributed by atoms with Crippen molar-refractivity contribution >= 4 is 41.9 Å². The third-order valence-corrected chi connectivity index (χ3v) is 5.26. The molecule has 0 amide bonds. The third-order valence-electron chi connectivity index (χ3n) is 2.76. The van der Waals surface area contributed by atoms with Gasteiger partial charge in [0.15, 0.2) is 0 Å². The SMILES string of the molecule is CCN(CCCNCc1ncc(Br)cc1Br)S(C)(=O)=O. The highest BCUT2D eigenvalue weighted by atomic mass is 79.9. The monoisotopic (exact) mass is 427 g/mol. The van der Waals surface area contributed by atoms with Gasteiger partial charge in [0.2, 0.25) is 10.0 Å². The van der Waals surface area contributed by atoms with E-state index in [-0.39, 0.29) is 0 Å². The number of nitrogens with zero attached hydrogens (tertiary/aromatic N) is 2. The summed E-state index contributed by atoms with van der Waals surface area (Å²) in [6.07, 6.45) is 3.77. The Labute approximate surface area is 137 Å². The zero-order valence-electron chi connectivity index (χ0n) is 11.6. The Morgan fingerprint density at radius 3 is 2.65 bits per heavy atom. The van der Waals surface area contributed by atoms with Crippen LogP contribution in [0.25, 0.3) is 0 Å². The van der Waals surface area contributed by atoms with E-state index >= 15 is 0 Å². The number of rotatable bonds is 8. The minimum atomic E-state index is -3.09. The number of aromatic nitrogens is 1. The maximum atomic E-state index is 11.4. The summed E-state index contributed by atoms with van der Waals surface area (Å²) < 4.78 is 26.2. The Hall–Kier alpha value is -0.0200. The molecule has 0 aliphatic heterocycles. The van der Waals surface area contributed by atoms with Crippen LogP contribution in [-0.4, -0.2) is 43.6 Å². The molecule has 0 atom stereocenters. The molecule has 1 aromatic rings. The van der Waals surface area contributed by atoms with Gasteiger partial charge in [-0.15, -0.1) is 0 Å². The first kappa shape index (κ1) is 18.0. The Kier molecular flexibility index (Phi) is 7.60. The molecule has 0 radical (unpaired) electrons. The zero-order chi connectivity index (χ0) is 15.2. The predicted octanol–water partition coefficient (Wildman–Crippen LogP) is 2.37. The average molecular weight is 429 g/mol. The van der Waals surface area contributed by atoms with Gasteiger partial charge in [-0.2, -0.15) is 0 Å². The van der Waals surface area contributed by atoms with Gasteiger partial charge in [0.25, 0.3) is 0 Å². The molecule has 0 aliphatic rings. The fourth-order valence-corrected chi connectivity index (χ4v) is 3.78. The second-order valence-corrected chi connectivity index (χ2v) is 8.12. The molecule has 114 valence electrons. The van der Waals surface area contributed by atoms with Crippen LogP contribution >= 0.6 is 31.9 Å². The van der Waals surface area contributed by atoms with Crippen molar-refractivity contribution in [2.24, 2.45) is 0 Å². The Balaban J connectivity index is 2.32. The third kappa shape index (κ3) is 6.17. The van der Waals surface area contributed by atoms with Crippen molar-refractivity contribution in [1.82, 2.24) is 14.6 Å². The first-order valence-electron chi connectivity index (χ1n) is 6.30. The maximum Gasteiger partial charge on any atom is 0.211 e. The fourth-order valence-electron chi connectivity index (χ4n) is 1.72. The first-order valence-corrected chi connectivity index (χ1v) is 9.73. The van der Waals surface area contributed by atoms with Gasteiger partial charge in [-0.25, -0.2) is 12.7 Å². The summed E-state index contributed by atoms with van der Waals surface area (Å²) in [7, 11) is -3.09. The molecule has 5 nitrogen and oxygen atoms in total. The van der Waals surface area contributed by atoms with Crippen molar-refractivity contribution in [1.29, 1.82) is 0 Å². The van der Waals surface area contributed by atoms with E-state index in [4.69, 9.17) is 0 Å². The molecule has 0 bridgehead atoms. The largest absolute Gasteiger partial charge is 0.311 e. The number of hydrogen-bond acceptors (Lipinski definition) is 4. The molecule has 0 saturated carbocycles. The van der Waals surface area contributed by atoms with E-state index in [0.29, 0.717) is 19.6 Å². The fraction of sp³-hybridized carbons (Fsp3) is 0.583. The summed E-state index contributed by atoms with van der Waals surface area (Å²) in [6.45, 7) is 4.29. The van der Waals surface area contributed by atoms with Crippen LogP contribution in [-0.2, 0) is 16.6 Å². The van der Waals surface area contributed by atoms with Crippen molar-refractivity contribution < 1.29 is 8.42 Å². The molecule has 0 unspecified atom stereocenters. The van der Waals surface area contributed by atoms with Gasteiger partial charge in [-0.05, 0) is 50.9 Å². The predicted molar refractivity (Wildman–Crippen MR) is 88.1 cm³/mol. The van der Waals surface area contributed by atoms with Gasteiger partial charge in [-0.3, -0.25) is 4.98 Å². The lowest BCUT2D eigenvalue weighted by Crippen LogP contribution is -2.32. The molecule has 0 saturated heterocycles. The van der Waals surface area contributed by atoms with Crippen LogP contribution in [0.1, 0.15) is 19.0 Å². The van der Waals surface area contributed by atoms with Crippen LogP contribution in [0.5, 0.6) is 0 Å². The number of nitrogens with one attached hydrogen (secondary N) is 1. The summed E-state index contributed by atoms with van der Waals surface area (Å²) in [6, 6.07) is 1.95. The molecule has 0 aliphatic carbocycles. The van der Waals surface area contributed by atoms with Gasteiger partial charge in [0, 0.05) is 34.8 Å². The zero-order valence-corrected chi connectivity index (χ0v) is 15.6. The standard InChI is InChI=1S/C12H19Br2N3O2S/c1-3-17(20(2,18)19)6-4-5-15-9-12-11(14)7-10(13)8-16-12/h7-8,15H,3-6,9H2,1-2H3. The summed E-state index contributed by atoms with van der Waals surface area (Å²) in [5.74, 6) is 0. The van der Waals surface area contributed by atoms with Crippen LogP contribution in [0.2, 0.25) is 0 Å². The first-order chi connectivity index (χ1) is 9.34. The van der Waals surface area contributed by atoms with Gasteiger partial charge in [0.05, 0.1) is 11.9 Å². The molecule has 0 fully saturated rings. The maximum absolute atomic E-state index is 11.4. The lowest BCUT2D eigenvalue weighted by atomic mass is 10.3. The molecule has 1 aromatic heterocycles. The number of sulfonamides is 1. The van der Waals surface area contributed by atoms with Gasteiger partial charge in [0.1, 0.15) is 0 Å². The molecule has 0 aromatic carbocycles. The molecular formula is C12H19Br2N3O2S.